The summed E-state index contributed by atoms with van der Waals surface area (Å²) in [6, 6.07) is 14.5. The van der Waals surface area contributed by atoms with Crippen molar-refractivity contribution in [1.82, 2.24) is 9.55 Å². The molecular formula is C25H25N3O4S. The van der Waals surface area contributed by atoms with Gasteiger partial charge in [-0.1, -0.05) is 36.0 Å². The summed E-state index contributed by atoms with van der Waals surface area (Å²) in [5, 5.41) is 1.09. The third-order valence-corrected chi connectivity index (χ3v) is 7.10. The number of para-hydroxylation sites is 1. The number of ketones is 1. The van der Waals surface area contributed by atoms with Crippen molar-refractivity contribution in [2.75, 3.05) is 23.8 Å². The van der Waals surface area contributed by atoms with E-state index in [1.807, 2.05) is 24.3 Å². The number of hydrogen-bond donors (Lipinski definition) is 0. The summed E-state index contributed by atoms with van der Waals surface area (Å²) in [7, 11) is 0. The number of rotatable bonds is 7. The average molecular weight is 464 g/mol. The van der Waals surface area contributed by atoms with Crippen LogP contribution in [0.5, 0.6) is 0 Å². The number of anilines is 1. The highest BCUT2D eigenvalue weighted by Crippen LogP contribution is 2.25. The van der Waals surface area contributed by atoms with Crippen LogP contribution in [-0.2, 0) is 16.1 Å². The van der Waals surface area contributed by atoms with E-state index in [1.165, 1.54) is 11.8 Å². The zero-order chi connectivity index (χ0) is 22.8. The van der Waals surface area contributed by atoms with Crippen molar-refractivity contribution in [3.8, 4) is 0 Å². The predicted octanol–water partition coefficient (Wildman–Crippen LogP) is 3.68. The number of fused-ring (bicyclic) bond motifs is 1. The molecule has 5 rings (SSSR count). The Labute approximate surface area is 195 Å². The standard InChI is InChI=1S/C25H25N3O4S/c29-22(17-6-3-7-18(14-17)27-12-4-11-23(27)30)16-33-25-26-21-10-2-1-9-20(21)24(31)28(25)15-19-8-5-13-32-19/h1-3,6-7,9-10,14,19H,4-5,8,11-13,15-16H2. The molecule has 0 bridgehead atoms. The van der Waals surface area contributed by atoms with Gasteiger partial charge in [0.05, 0.1) is 29.3 Å². The number of amides is 1. The Morgan fingerprint density at radius 2 is 2.00 bits per heavy atom. The van der Waals surface area contributed by atoms with Crippen molar-refractivity contribution in [3.05, 3.63) is 64.4 Å². The average Bonchev–Trinajstić information content (AvgIpc) is 3.51. The first-order chi connectivity index (χ1) is 16.1. The predicted molar refractivity (Wildman–Crippen MR) is 128 cm³/mol. The fourth-order valence-corrected chi connectivity index (χ4v) is 5.30. The summed E-state index contributed by atoms with van der Waals surface area (Å²) in [5.74, 6) is 0.167. The molecule has 2 aliphatic rings. The highest BCUT2D eigenvalue weighted by Gasteiger charge is 2.23. The number of Topliss-reactive ketones (excluding diaryl/α,β-unsaturated/α-hetero) is 1. The molecule has 33 heavy (non-hydrogen) atoms. The minimum absolute atomic E-state index is 0.0182. The van der Waals surface area contributed by atoms with Crippen LogP contribution >= 0.6 is 11.8 Å². The first kappa shape index (κ1) is 21.9. The molecule has 2 fully saturated rings. The van der Waals surface area contributed by atoms with Crippen LogP contribution in [0.2, 0.25) is 0 Å². The van der Waals surface area contributed by atoms with E-state index in [0.29, 0.717) is 47.7 Å². The summed E-state index contributed by atoms with van der Waals surface area (Å²) in [5.41, 5.74) is 1.82. The van der Waals surface area contributed by atoms with E-state index in [0.717, 1.165) is 24.9 Å². The third kappa shape index (κ3) is 4.58. The van der Waals surface area contributed by atoms with Crippen LogP contribution in [0.3, 0.4) is 0 Å². The van der Waals surface area contributed by atoms with E-state index in [-0.39, 0.29) is 29.1 Å². The Morgan fingerprint density at radius 3 is 2.79 bits per heavy atom. The van der Waals surface area contributed by atoms with Gasteiger partial charge in [-0.25, -0.2) is 4.98 Å². The second-order valence-electron chi connectivity index (χ2n) is 8.37. The van der Waals surface area contributed by atoms with Crippen molar-refractivity contribution in [2.24, 2.45) is 0 Å². The van der Waals surface area contributed by atoms with Crippen molar-refractivity contribution in [2.45, 2.75) is 43.5 Å². The summed E-state index contributed by atoms with van der Waals surface area (Å²) in [4.78, 5) is 44.7. The van der Waals surface area contributed by atoms with Gasteiger partial charge in [0.15, 0.2) is 10.9 Å². The molecule has 0 radical (unpaired) electrons. The van der Waals surface area contributed by atoms with Crippen LogP contribution in [0, 0.1) is 0 Å². The second kappa shape index (κ2) is 9.49. The number of carbonyl (C=O) groups excluding carboxylic acids is 2. The van der Waals surface area contributed by atoms with Crippen molar-refractivity contribution in [3.63, 3.8) is 0 Å². The zero-order valence-corrected chi connectivity index (χ0v) is 19.1. The molecule has 0 spiro atoms. The van der Waals surface area contributed by atoms with Gasteiger partial charge in [-0.3, -0.25) is 19.0 Å². The normalized spacial score (nSPS) is 18.4. The fraction of sp³-hybridized carbons (Fsp3) is 0.360. The largest absolute Gasteiger partial charge is 0.376 e. The van der Waals surface area contributed by atoms with E-state index in [1.54, 1.807) is 33.7 Å². The molecule has 3 heterocycles. The maximum Gasteiger partial charge on any atom is 0.262 e. The Bertz CT molecular complexity index is 1270. The first-order valence-corrected chi connectivity index (χ1v) is 12.3. The van der Waals surface area contributed by atoms with E-state index in [9.17, 15) is 14.4 Å². The molecule has 2 saturated heterocycles. The minimum Gasteiger partial charge on any atom is -0.376 e. The Morgan fingerprint density at radius 1 is 1.12 bits per heavy atom. The molecule has 2 aliphatic heterocycles. The molecule has 3 aromatic rings. The van der Waals surface area contributed by atoms with Gasteiger partial charge in [-0.2, -0.15) is 0 Å². The van der Waals surface area contributed by atoms with Crippen LogP contribution in [0.15, 0.2) is 58.5 Å². The number of aromatic nitrogens is 2. The lowest BCUT2D eigenvalue weighted by Gasteiger charge is -2.17. The van der Waals surface area contributed by atoms with Gasteiger partial charge >= 0.3 is 0 Å². The number of benzene rings is 2. The lowest BCUT2D eigenvalue weighted by molar-refractivity contribution is -0.117. The van der Waals surface area contributed by atoms with E-state index >= 15 is 0 Å². The zero-order valence-electron chi connectivity index (χ0n) is 18.2. The molecule has 8 heteroatoms. The molecule has 0 saturated carbocycles. The van der Waals surface area contributed by atoms with Crippen LogP contribution < -0.4 is 10.5 Å². The highest BCUT2D eigenvalue weighted by molar-refractivity contribution is 7.99. The molecule has 170 valence electrons. The van der Waals surface area contributed by atoms with Crippen LogP contribution in [0.1, 0.15) is 36.0 Å². The lowest BCUT2D eigenvalue weighted by atomic mass is 10.1. The molecule has 0 N–H and O–H groups in total. The Kier molecular flexibility index (Phi) is 6.28. The number of ether oxygens (including phenoxy) is 1. The molecule has 1 atom stereocenters. The summed E-state index contributed by atoms with van der Waals surface area (Å²) in [6.45, 7) is 1.82. The van der Waals surface area contributed by atoms with Gasteiger partial charge in [0, 0.05) is 30.8 Å². The molecule has 1 aromatic heterocycles. The van der Waals surface area contributed by atoms with Crippen molar-refractivity contribution < 1.29 is 14.3 Å². The molecule has 1 unspecified atom stereocenters. The van der Waals surface area contributed by atoms with Gasteiger partial charge in [0.25, 0.3) is 5.56 Å². The lowest BCUT2D eigenvalue weighted by Crippen LogP contribution is -2.29. The SMILES string of the molecule is O=C(CSc1nc2ccccc2c(=O)n1CC1CCCO1)c1cccc(N2CCCC2=O)c1. The van der Waals surface area contributed by atoms with Gasteiger partial charge in [0.2, 0.25) is 5.91 Å². The number of thioether (sulfide) groups is 1. The smallest absolute Gasteiger partial charge is 0.262 e. The van der Waals surface area contributed by atoms with Crippen LogP contribution in [-0.4, -0.2) is 46.2 Å². The summed E-state index contributed by atoms with van der Waals surface area (Å²) in [6.07, 6.45) is 3.25. The maximum absolute atomic E-state index is 13.2. The van der Waals surface area contributed by atoms with Gasteiger partial charge < -0.3 is 9.64 Å². The molecule has 2 aromatic carbocycles. The molecule has 1 amide bonds. The molecule has 0 aliphatic carbocycles. The summed E-state index contributed by atoms with van der Waals surface area (Å²) < 4.78 is 7.40. The number of nitrogens with zero attached hydrogens (tertiary/aromatic N) is 3. The van der Waals surface area contributed by atoms with Gasteiger partial charge in [-0.15, -0.1) is 0 Å². The molecule has 7 nitrogen and oxygen atoms in total. The van der Waals surface area contributed by atoms with E-state index in [2.05, 4.69) is 0 Å². The fourth-order valence-electron chi connectivity index (χ4n) is 4.39. The monoisotopic (exact) mass is 463 g/mol. The highest BCUT2D eigenvalue weighted by atomic mass is 32.2. The van der Waals surface area contributed by atoms with E-state index < -0.39 is 0 Å². The topological polar surface area (TPSA) is 81.5 Å². The van der Waals surface area contributed by atoms with Crippen LogP contribution in [0.4, 0.5) is 5.69 Å². The Hall–Kier alpha value is -2.97. The minimum atomic E-state index is -0.111. The maximum atomic E-state index is 13.2. The second-order valence-corrected chi connectivity index (χ2v) is 9.32. The third-order valence-electron chi connectivity index (χ3n) is 6.12. The number of carbonyl (C=O) groups is 2. The number of hydrogen-bond acceptors (Lipinski definition) is 6. The van der Waals surface area contributed by atoms with Gasteiger partial charge in [0.1, 0.15) is 0 Å². The molecular weight excluding hydrogens is 438 g/mol. The van der Waals surface area contributed by atoms with Crippen molar-refractivity contribution >= 4 is 40.0 Å². The Balaban J connectivity index is 1.39. The quantitative estimate of drug-likeness (QED) is 0.302. The van der Waals surface area contributed by atoms with E-state index in [4.69, 9.17) is 9.72 Å². The van der Waals surface area contributed by atoms with Crippen molar-refractivity contribution in [1.29, 1.82) is 0 Å². The van der Waals surface area contributed by atoms with Gasteiger partial charge in [-0.05, 0) is 43.5 Å². The van der Waals surface area contributed by atoms with Crippen LogP contribution in [0.25, 0.3) is 10.9 Å². The summed E-state index contributed by atoms with van der Waals surface area (Å²) >= 11 is 1.27. The first-order valence-electron chi connectivity index (χ1n) is 11.3.